The monoisotopic (exact) mass is 239 g/mol. The average molecular weight is 239 g/mol. The Hall–Kier alpha value is -1.85. The Balaban J connectivity index is 2.57. The molecule has 1 rings (SSSR count). The van der Waals surface area contributed by atoms with Crippen LogP contribution < -0.4 is 0 Å². The van der Waals surface area contributed by atoms with Crippen LogP contribution >= 0.6 is 0 Å². The van der Waals surface area contributed by atoms with Crippen molar-refractivity contribution >= 4 is 11.9 Å². The van der Waals surface area contributed by atoms with Crippen molar-refractivity contribution in [3.05, 3.63) is 17.5 Å². The molecule has 6 heteroatoms. The van der Waals surface area contributed by atoms with Crippen LogP contribution in [-0.4, -0.2) is 45.3 Å². The van der Waals surface area contributed by atoms with Gasteiger partial charge in [-0.05, 0) is 19.4 Å². The molecule has 0 aromatic carbocycles. The van der Waals surface area contributed by atoms with E-state index < -0.39 is 5.97 Å². The fraction of sp³-hybridized carbons (Fsp3) is 0.545. The summed E-state index contributed by atoms with van der Waals surface area (Å²) in [5, 5.41) is 12.6. The average Bonchev–Trinajstić information content (AvgIpc) is 2.56. The van der Waals surface area contributed by atoms with E-state index in [1.807, 2.05) is 6.92 Å². The highest BCUT2D eigenvalue weighted by molar-refractivity contribution is 5.92. The summed E-state index contributed by atoms with van der Waals surface area (Å²) in [6.45, 7) is 2.25. The van der Waals surface area contributed by atoms with Crippen LogP contribution in [0, 0.1) is 6.92 Å². The highest BCUT2D eigenvalue weighted by Crippen LogP contribution is 2.06. The van der Waals surface area contributed by atoms with Gasteiger partial charge in [-0.15, -0.1) is 0 Å². The summed E-state index contributed by atoms with van der Waals surface area (Å²) in [5.41, 5.74) is 1.30. The van der Waals surface area contributed by atoms with E-state index in [1.54, 1.807) is 20.2 Å². The lowest BCUT2D eigenvalue weighted by Crippen LogP contribution is -2.29. The number of carboxylic acids is 1. The quantitative estimate of drug-likeness (QED) is 0.819. The normalized spacial score (nSPS) is 10.3. The van der Waals surface area contributed by atoms with Gasteiger partial charge in [0.05, 0.1) is 5.69 Å². The molecule has 1 heterocycles. The molecule has 0 saturated carbocycles. The van der Waals surface area contributed by atoms with Crippen LogP contribution in [0.2, 0.25) is 0 Å². The maximum Gasteiger partial charge on any atom is 0.303 e. The van der Waals surface area contributed by atoms with Crippen molar-refractivity contribution in [3.63, 3.8) is 0 Å². The van der Waals surface area contributed by atoms with Gasteiger partial charge in [0.25, 0.3) is 5.91 Å². The third-order valence-electron chi connectivity index (χ3n) is 2.45. The number of amides is 1. The SMILES string of the molecule is Cc1cc(C(=O)N(C)CCCC(=O)O)n(C)n1. The first kappa shape index (κ1) is 13.2. The van der Waals surface area contributed by atoms with E-state index in [4.69, 9.17) is 5.11 Å². The summed E-state index contributed by atoms with van der Waals surface area (Å²) in [6, 6.07) is 1.72. The van der Waals surface area contributed by atoms with Crippen molar-refractivity contribution in [2.45, 2.75) is 19.8 Å². The van der Waals surface area contributed by atoms with Gasteiger partial charge in [-0.2, -0.15) is 5.10 Å². The minimum Gasteiger partial charge on any atom is -0.481 e. The second-order valence-electron chi connectivity index (χ2n) is 4.02. The lowest BCUT2D eigenvalue weighted by molar-refractivity contribution is -0.137. The Kier molecular flexibility index (Phi) is 4.25. The molecular weight excluding hydrogens is 222 g/mol. The number of aliphatic carboxylic acids is 1. The fourth-order valence-electron chi connectivity index (χ4n) is 1.58. The van der Waals surface area contributed by atoms with Gasteiger partial charge in [-0.25, -0.2) is 0 Å². The van der Waals surface area contributed by atoms with Gasteiger partial charge < -0.3 is 10.0 Å². The van der Waals surface area contributed by atoms with Crippen LogP contribution in [-0.2, 0) is 11.8 Å². The minimum absolute atomic E-state index is 0.0715. The molecule has 94 valence electrons. The van der Waals surface area contributed by atoms with Crippen molar-refractivity contribution < 1.29 is 14.7 Å². The molecule has 17 heavy (non-hydrogen) atoms. The number of nitrogens with zero attached hydrogens (tertiary/aromatic N) is 3. The van der Waals surface area contributed by atoms with Crippen molar-refractivity contribution in [2.75, 3.05) is 13.6 Å². The van der Waals surface area contributed by atoms with E-state index >= 15 is 0 Å². The van der Waals surface area contributed by atoms with Crippen molar-refractivity contribution in [3.8, 4) is 0 Å². The van der Waals surface area contributed by atoms with Crippen LogP contribution in [0.4, 0.5) is 0 Å². The lowest BCUT2D eigenvalue weighted by atomic mass is 10.2. The van der Waals surface area contributed by atoms with Gasteiger partial charge in [-0.1, -0.05) is 0 Å². The Morgan fingerprint density at radius 2 is 2.18 bits per heavy atom. The van der Waals surface area contributed by atoms with Gasteiger partial charge in [0, 0.05) is 27.1 Å². The van der Waals surface area contributed by atoms with Crippen LogP contribution in [0.1, 0.15) is 29.0 Å². The predicted octanol–water partition coefficient (Wildman–Crippen LogP) is 0.665. The molecule has 0 saturated heterocycles. The smallest absolute Gasteiger partial charge is 0.303 e. The topological polar surface area (TPSA) is 75.4 Å². The molecule has 1 amide bonds. The van der Waals surface area contributed by atoms with Crippen LogP contribution in [0.15, 0.2) is 6.07 Å². The largest absolute Gasteiger partial charge is 0.481 e. The number of rotatable bonds is 5. The summed E-state index contributed by atoms with van der Waals surface area (Å²) in [4.78, 5) is 23.8. The molecular formula is C11H17N3O3. The second-order valence-corrected chi connectivity index (χ2v) is 4.02. The molecule has 1 aromatic rings. The standard InChI is InChI=1S/C11H17N3O3/c1-8-7-9(14(3)12-8)11(17)13(2)6-4-5-10(15)16/h7H,4-6H2,1-3H3,(H,15,16). The van der Waals surface area contributed by atoms with Crippen LogP contribution in [0.5, 0.6) is 0 Å². The van der Waals surface area contributed by atoms with E-state index in [0.717, 1.165) is 5.69 Å². The van der Waals surface area contributed by atoms with Gasteiger partial charge in [-0.3, -0.25) is 14.3 Å². The Morgan fingerprint density at radius 3 is 2.65 bits per heavy atom. The first-order valence-corrected chi connectivity index (χ1v) is 5.39. The molecule has 0 aliphatic carbocycles. The first-order chi connectivity index (χ1) is 7.91. The highest BCUT2D eigenvalue weighted by Gasteiger charge is 2.16. The molecule has 0 bridgehead atoms. The summed E-state index contributed by atoms with van der Waals surface area (Å²) in [6.07, 6.45) is 0.524. The summed E-state index contributed by atoms with van der Waals surface area (Å²) >= 11 is 0. The summed E-state index contributed by atoms with van der Waals surface area (Å²) in [5.74, 6) is -0.985. The van der Waals surface area contributed by atoms with E-state index in [2.05, 4.69) is 5.10 Å². The molecule has 0 unspecified atom stereocenters. The van der Waals surface area contributed by atoms with Crippen LogP contribution in [0.3, 0.4) is 0 Å². The Morgan fingerprint density at radius 1 is 1.53 bits per heavy atom. The van der Waals surface area contributed by atoms with E-state index in [0.29, 0.717) is 18.7 Å². The van der Waals surface area contributed by atoms with E-state index in [-0.39, 0.29) is 12.3 Å². The summed E-state index contributed by atoms with van der Waals surface area (Å²) < 4.78 is 1.53. The lowest BCUT2D eigenvalue weighted by Gasteiger charge is -2.16. The van der Waals surface area contributed by atoms with Gasteiger partial charge in [0.1, 0.15) is 5.69 Å². The zero-order chi connectivity index (χ0) is 13.0. The zero-order valence-corrected chi connectivity index (χ0v) is 10.3. The Labute approximate surface area is 99.8 Å². The molecule has 0 radical (unpaired) electrons. The van der Waals surface area contributed by atoms with Gasteiger partial charge in [0.2, 0.25) is 0 Å². The number of aromatic nitrogens is 2. The van der Waals surface area contributed by atoms with E-state index in [9.17, 15) is 9.59 Å². The molecule has 0 aliphatic heterocycles. The zero-order valence-electron chi connectivity index (χ0n) is 10.3. The predicted molar refractivity (Wildman–Crippen MR) is 61.8 cm³/mol. The maximum atomic E-state index is 12.0. The third kappa shape index (κ3) is 3.58. The second kappa shape index (κ2) is 5.47. The molecule has 1 N–H and O–H groups in total. The van der Waals surface area contributed by atoms with E-state index in [1.165, 1.54) is 9.58 Å². The Bertz CT molecular complexity index is 426. The number of hydrogen-bond acceptors (Lipinski definition) is 3. The molecule has 0 atom stereocenters. The molecule has 6 nitrogen and oxygen atoms in total. The van der Waals surface area contributed by atoms with Crippen molar-refractivity contribution in [2.24, 2.45) is 7.05 Å². The number of carboxylic acid groups (broad SMARTS) is 1. The number of hydrogen-bond donors (Lipinski definition) is 1. The first-order valence-electron chi connectivity index (χ1n) is 5.39. The van der Waals surface area contributed by atoms with Crippen molar-refractivity contribution in [1.82, 2.24) is 14.7 Å². The number of carbonyl (C=O) groups excluding carboxylic acids is 1. The van der Waals surface area contributed by atoms with Crippen molar-refractivity contribution in [1.29, 1.82) is 0 Å². The molecule has 0 aliphatic rings. The minimum atomic E-state index is -0.845. The van der Waals surface area contributed by atoms with Gasteiger partial charge in [0.15, 0.2) is 0 Å². The fourth-order valence-corrected chi connectivity index (χ4v) is 1.58. The number of aryl methyl sites for hydroxylation is 2. The van der Waals surface area contributed by atoms with Gasteiger partial charge >= 0.3 is 5.97 Å². The molecule has 0 spiro atoms. The number of carbonyl (C=O) groups is 2. The molecule has 0 fully saturated rings. The maximum absolute atomic E-state index is 12.0. The van der Waals surface area contributed by atoms with Crippen LogP contribution in [0.25, 0.3) is 0 Å². The molecule has 1 aromatic heterocycles. The third-order valence-corrected chi connectivity index (χ3v) is 2.45. The highest BCUT2D eigenvalue weighted by atomic mass is 16.4. The summed E-state index contributed by atoms with van der Waals surface area (Å²) in [7, 11) is 3.37.